The predicted octanol–water partition coefficient (Wildman–Crippen LogP) is 4.89. The lowest BCUT2D eigenvalue weighted by Gasteiger charge is -2.58. The fraction of sp³-hybridized carbons (Fsp3) is 0.727. The van der Waals surface area contributed by atoms with Crippen molar-refractivity contribution in [1.29, 1.82) is 0 Å². The van der Waals surface area contributed by atoms with Gasteiger partial charge in [-0.2, -0.15) is 0 Å². The Bertz CT molecular complexity index is 671. The van der Waals surface area contributed by atoms with Gasteiger partial charge in [0.1, 0.15) is 5.78 Å². The van der Waals surface area contributed by atoms with Crippen LogP contribution in [0.15, 0.2) is 23.8 Å². The summed E-state index contributed by atoms with van der Waals surface area (Å²) in [6.45, 7) is 8.78. The minimum absolute atomic E-state index is 0.0629. The maximum atomic E-state index is 12.5. The second-order valence-electron chi connectivity index (χ2n) is 9.49. The molecule has 0 aromatic carbocycles. The maximum Gasteiger partial charge on any atom is 0.178 e. The molecule has 24 heavy (non-hydrogen) atoms. The number of hydrogen-bond acceptors (Lipinski definition) is 2. The topological polar surface area (TPSA) is 34.1 Å². The van der Waals surface area contributed by atoms with Crippen LogP contribution in [0.1, 0.15) is 66.2 Å². The molecule has 0 spiro atoms. The van der Waals surface area contributed by atoms with Crippen molar-refractivity contribution in [2.45, 2.75) is 66.2 Å². The van der Waals surface area contributed by atoms with Gasteiger partial charge >= 0.3 is 0 Å². The zero-order valence-electron chi connectivity index (χ0n) is 15.5. The average Bonchev–Trinajstić information content (AvgIpc) is 2.81. The van der Waals surface area contributed by atoms with Crippen molar-refractivity contribution < 1.29 is 9.59 Å². The maximum absolute atomic E-state index is 12.5. The third kappa shape index (κ3) is 1.83. The molecule has 4 rings (SSSR count). The number of ketones is 2. The molecule has 0 N–H and O–H groups in total. The van der Waals surface area contributed by atoms with E-state index in [-0.39, 0.29) is 22.0 Å². The first-order chi connectivity index (χ1) is 11.2. The Balaban J connectivity index is 1.71. The fourth-order valence-electron chi connectivity index (χ4n) is 7.04. The zero-order valence-corrected chi connectivity index (χ0v) is 15.5. The summed E-state index contributed by atoms with van der Waals surface area (Å²) in [4.78, 5) is 24.3. The number of carbonyl (C=O) groups is 2. The van der Waals surface area contributed by atoms with Crippen LogP contribution >= 0.6 is 0 Å². The van der Waals surface area contributed by atoms with Crippen LogP contribution in [0.4, 0.5) is 0 Å². The second-order valence-corrected chi connectivity index (χ2v) is 9.49. The van der Waals surface area contributed by atoms with Crippen LogP contribution in [0.25, 0.3) is 0 Å². The minimum atomic E-state index is -0.141. The molecule has 4 aliphatic rings. The Labute approximate surface area is 145 Å². The lowest BCUT2D eigenvalue weighted by Crippen LogP contribution is -2.52. The molecule has 3 saturated carbocycles. The average molecular weight is 326 g/mol. The lowest BCUT2D eigenvalue weighted by molar-refractivity contribution is -0.137. The van der Waals surface area contributed by atoms with Gasteiger partial charge in [-0.1, -0.05) is 32.4 Å². The predicted molar refractivity (Wildman–Crippen MR) is 95.4 cm³/mol. The molecule has 0 aromatic rings. The van der Waals surface area contributed by atoms with E-state index in [9.17, 15) is 9.59 Å². The van der Waals surface area contributed by atoms with Gasteiger partial charge in [-0.25, -0.2) is 0 Å². The van der Waals surface area contributed by atoms with Crippen molar-refractivity contribution in [3.8, 4) is 0 Å². The molecule has 0 amide bonds. The van der Waals surface area contributed by atoms with E-state index in [1.54, 1.807) is 13.0 Å². The van der Waals surface area contributed by atoms with Crippen molar-refractivity contribution in [3.05, 3.63) is 23.8 Å². The van der Waals surface area contributed by atoms with Crippen molar-refractivity contribution in [2.75, 3.05) is 0 Å². The van der Waals surface area contributed by atoms with Crippen LogP contribution in [-0.2, 0) is 9.59 Å². The third-order valence-electron chi connectivity index (χ3n) is 8.94. The molecule has 0 unspecified atom stereocenters. The molecule has 0 bridgehead atoms. The summed E-state index contributed by atoms with van der Waals surface area (Å²) in [5.41, 5.74) is 1.43. The standard InChI is InChI=1S/C22H30O2/c1-14(23)21(3)11-9-19-17-6-5-15-13-16(24)7-10-20(15,2)18(17)8-12-22(19,21)4/h7,10,13,17-19H,5-6,8-9,11-12H2,1-4H3/t17-,18+,19+,20+,21-,22+/m1/s1. The van der Waals surface area contributed by atoms with Gasteiger partial charge in [-0.05, 0) is 80.8 Å². The zero-order chi connectivity index (χ0) is 17.3. The number of allylic oxidation sites excluding steroid dienone is 4. The van der Waals surface area contributed by atoms with E-state index in [4.69, 9.17) is 0 Å². The summed E-state index contributed by atoms with van der Waals surface area (Å²) >= 11 is 0. The van der Waals surface area contributed by atoms with Crippen molar-refractivity contribution in [1.82, 2.24) is 0 Å². The summed E-state index contributed by atoms with van der Waals surface area (Å²) in [6, 6.07) is 0. The number of carbonyl (C=O) groups excluding carboxylic acids is 2. The Morgan fingerprint density at radius 1 is 1.08 bits per heavy atom. The molecule has 2 nitrogen and oxygen atoms in total. The number of hydrogen-bond donors (Lipinski definition) is 0. The smallest absolute Gasteiger partial charge is 0.178 e. The molecule has 0 heterocycles. The molecule has 3 fully saturated rings. The van der Waals surface area contributed by atoms with Crippen LogP contribution in [0, 0.1) is 34.0 Å². The van der Waals surface area contributed by atoms with E-state index in [2.05, 4.69) is 26.8 Å². The molecule has 0 saturated heterocycles. The molecule has 4 aliphatic carbocycles. The summed E-state index contributed by atoms with van der Waals surface area (Å²) in [5.74, 6) is 2.54. The highest BCUT2D eigenvalue weighted by atomic mass is 16.1. The van der Waals surface area contributed by atoms with Crippen LogP contribution < -0.4 is 0 Å². The number of fused-ring (bicyclic) bond motifs is 5. The van der Waals surface area contributed by atoms with Gasteiger partial charge in [-0.15, -0.1) is 0 Å². The van der Waals surface area contributed by atoms with E-state index in [1.807, 2.05) is 6.08 Å². The van der Waals surface area contributed by atoms with Crippen molar-refractivity contribution >= 4 is 11.6 Å². The van der Waals surface area contributed by atoms with Gasteiger partial charge in [-0.3, -0.25) is 9.59 Å². The number of Topliss-reactive ketones (excluding diaryl/α,β-unsaturated/α-hetero) is 1. The highest BCUT2D eigenvalue weighted by Gasteiger charge is 2.63. The number of rotatable bonds is 1. The SMILES string of the molecule is CC(=O)[C@@]1(C)CC[C@H]2[C@@H]3CCC4=CC(=O)C=C[C@]4(C)[C@H]3CC[C@@]21C. The normalized spacial score (nSPS) is 49.9. The minimum Gasteiger partial charge on any atom is -0.299 e. The molecule has 6 atom stereocenters. The Morgan fingerprint density at radius 2 is 1.79 bits per heavy atom. The molecular formula is C22H30O2. The van der Waals surface area contributed by atoms with E-state index < -0.39 is 0 Å². The first-order valence-corrected chi connectivity index (χ1v) is 9.68. The Morgan fingerprint density at radius 3 is 2.50 bits per heavy atom. The van der Waals surface area contributed by atoms with Gasteiger partial charge in [0.15, 0.2) is 5.78 Å². The van der Waals surface area contributed by atoms with E-state index in [0.29, 0.717) is 23.5 Å². The van der Waals surface area contributed by atoms with Gasteiger partial charge in [0.25, 0.3) is 0 Å². The van der Waals surface area contributed by atoms with E-state index in [0.717, 1.165) is 19.3 Å². The van der Waals surface area contributed by atoms with Crippen molar-refractivity contribution in [3.63, 3.8) is 0 Å². The molecule has 130 valence electrons. The molecule has 0 aliphatic heterocycles. The monoisotopic (exact) mass is 326 g/mol. The summed E-state index contributed by atoms with van der Waals surface area (Å²) < 4.78 is 0. The van der Waals surface area contributed by atoms with Crippen LogP contribution in [-0.4, -0.2) is 11.6 Å². The van der Waals surface area contributed by atoms with Crippen LogP contribution in [0.3, 0.4) is 0 Å². The second kappa shape index (κ2) is 4.93. The van der Waals surface area contributed by atoms with Gasteiger partial charge in [0.2, 0.25) is 0 Å². The molecule has 2 heteroatoms. The fourth-order valence-corrected chi connectivity index (χ4v) is 7.04. The Hall–Kier alpha value is -1.18. The molecule has 0 radical (unpaired) electrons. The first kappa shape index (κ1) is 16.3. The van der Waals surface area contributed by atoms with Gasteiger partial charge in [0.05, 0.1) is 0 Å². The summed E-state index contributed by atoms with van der Waals surface area (Å²) in [6.07, 6.45) is 12.7. The lowest BCUT2D eigenvalue weighted by atomic mass is 9.46. The van der Waals surface area contributed by atoms with E-state index in [1.165, 1.54) is 24.8 Å². The quantitative estimate of drug-likeness (QED) is 0.687. The third-order valence-corrected chi connectivity index (χ3v) is 8.94. The van der Waals surface area contributed by atoms with Gasteiger partial charge < -0.3 is 0 Å². The molecule has 0 aromatic heterocycles. The highest BCUT2D eigenvalue weighted by Crippen LogP contribution is 2.69. The molecular weight excluding hydrogens is 296 g/mol. The van der Waals surface area contributed by atoms with Crippen LogP contribution in [0.2, 0.25) is 0 Å². The van der Waals surface area contributed by atoms with Crippen LogP contribution in [0.5, 0.6) is 0 Å². The van der Waals surface area contributed by atoms with Gasteiger partial charge in [0, 0.05) is 10.8 Å². The van der Waals surface area contributed by atoms with Crippen molar-refractivity contribution in [2.24, 2.45) is 34.0 Å². The first-order valence-electron chi connectivity index (χ1n) is 9.68. The summed E-state index contributed by atoms with van der Waals surface area (Å²) in [7, 11) is 0. The van der Waals surface area contributed by atoms with E-state index >= 15 is 0 Å². The summed E-state index contributed by atoms with van der Waals surface area (Å²) in [5, 5.41) is 0. The largest absolute Gasteiger partial charge is 0.299 e. The Kier molecular flexibility index (Phi) is 3.34. The highest BCUT2D eigenvalue weighted by molar-refractivity contribution is 6.01.